The summed E-state index contributed by atoms with van der Waals surface area (Å²) < 4.78 is 0.667. The van der Waals surface area contributed by atoms with E-state index in [9.17, 15) is 0 Å². The van der Waals surface area contributed by atoms with Crippen LogP contribution in [0.4, 0.5) is 5.82 Å². The summed E-state index contributed by atoms with van der Waals surface area (Å²) in [6, 6.07) is 2.08. The first kappa shape index (κ1) is 13.8. The molecule has 2 heterocycles. The lowest BCUT2D eigenvalue weighted by atomic mass is 10.0. The maximum absolute atomic E-state index is 5.96. The van der Waals surface area contributed by atoms with Crippen molar-refractivity contribution >= 4 is 28.8 Å². The van der Waals surface area contributed by atoms with Crippen LogP contribution < -0.4 is 5.32 Å². The van der Waals surface area contributed by atoms with Gasteiger partial charge in [0.25, 0.3) is 0 Å². The van der Waals surface area contributed by atoms with E-state index < -0.39 is 0 Å². The molecular weight excluding hydrogens is 292 g/mol. The van der Waals surface area contributed by atoms with Gasteiger partial charge in [0, 0.05) is 24.2 Å². The largest absolute Gasteiger partial charge is 0.370 e. The predicted octanol–water partition coefficient (Wildman–Crippen LogP) is 4.34. The van der Waals surface area contributed by atoms with E-state index in [1.165, 1.54) is 37.0 Å². The van der Waals surface area contributed by atoms with Crippen LogP contribution in [0.3, 0.4) is 0 Å². The molecule has 0 aromatic carbocycles. The van der Waals surface area contributed by atoms with Crippen molar-refractivity contribution < 1.29 is 0 Å². The molecule has 1 aliphatic carbocycles. The molecule has 2 aromatic rings. The molecular formula is C14H17ClN4S. The summed E-state index contributed by atoms with van der Waals surface area (Å²) in [5.74, 6) is 2.12. The minimum atomic E-state index is 0.560. The van der Waals surface area contributed by atoms with Crippen molar-refractivity contribution in [1.82, 2.24) is 15.0 Å². The summed E-state index contributed by atoms with van der Waals surface area (Å²) in [6.07, 6.45) is 6.69. The Morgan fingerprint density at radius 3 is 2.80 bits per heavy atom. The number of aromatic nitrogens is 3. The highest BCUT2D eigenvalue weighted by molar-refractivity contribution is 7.18. The molecule has 1 fully saturated rings. The van der Waals surface area contributed by atoms with Gasteiger partial charge in [-0.25, -0.2) is 15.0 Å². The van der Waals surface area contributed by atoms with Crippen molar-refractivity contribution in [3.05, 3.63) is 22.3 Å². The fourth-order valence-electron chi connectivity index (χ4n) is 2.62. The summed E-state index contributed by atoms with van der Waals surface area (Å²) in [5.41, 5.74) is 1.13. The normalized spacial score (nSPS) is 15.7. The Hall–Kier alpha value is -1.20. The van der Waals surface area contributed by atoms with Gasteiger partial charge in [0.1, 0.15) is 10.2 Å². The van der Waals surface area contributed by atoms with E-state index in [-0.39, 0.29) is 0 Å². The minimum Gasteiger partial charge on any atom is -0.370 e. The summed E-state index contributed by atoms with van der Waals surface area (Å²) in [6.45, 7) is 2.91. The Kier molecular flexibility index (Phi) is 4.17. The van der Waals surface area contributed by atoms with Gasteiger partial charge in [-0.1, -0.05) is 35.8 Å². The van der Waals surface area contributed by atoms with E-state index in [1.807, 2.05) is 0 Å². The molecule has 0 saturated heterocycles. The number of anilines is 1. The molecule has 3 rings (SSSR count). The van der Waals surface area contributed by atoms with Crippen LogP contribution in [0, 0.1) is 0 Å². The molecule has 4 nitrogen and oxygen atoms in total. The van der Waals surface area contributed by atoms with Gasteiger partial charge in [-0.05, 0) is 19.8 Å². The number of thiazole rings is 1. The third kappa shape index (κ3) is 2.94. The number of hydrogen-bond donors (Lipinski definition) is 1. The van der Waals surface area contributed by atoms with Crippen molar-refractivity contribution in [2.45, 2.75) is 38.5 Å². The van der Waals surface area contributed by atoms with Crippen LogP contribution in [0.1, 0.15) is 44.2 Å². The van der Waals surface area contributed by atoms with Crippen LogP contribution in [-0.4, -0.2) is 21.5 Å². The summed E-state index contributed by atoms with van der Waals surface area (Å²) in [7, 11) is 0. The zero-order chi connectivity index (χ0) is 13.9. The van der Waals surface area contributed by atoms with Crippen LogP contribution in [-0.2, 0) is 0 Å². The fraction of sp³-hybridized carbons (Fsp3) is 0.500. The van der Waals surface area contributed by atoms with Crippen LogP contribution in [0.25, 0.3) is 10.8 Å². The minimum absolute atomic E-state index is 0.560. The van der Waals surface area contributed by atoms with Crippen molar-refractivity contribution in [1.29, 1.82) is 0 Å². The van der Waals surface area contributed by atoms with Gasteiger partial charge in [-0.3, -0.25) is 0 Å². The van der Waals surface area contributed by atoms with Crippen molar-refractivity contribution in [2.24, 2.45) is 0 Å². The predicted molar refractivity (Wildman–Crippen MR) is 83.5 cm³/mol. The second-order valence-electron chi connectivity index (χ2n) is 4.98. The second kappa shape index (κ2) is 6.06. The monoisotopic (exact) mass is 308 g/mol. The number of halogens is 1. The number of nitrogens with one attached hydrogen (secondary N) is 1. The molecule has 0 spiro atoms. The molecule has 0 atom stereocenters. The first-order valence-electron chi connectivity index (χ1n) is 7.01. The Balaban J connectivity index is 1.99. The molecule has 1 saturated carbocycles. The highest BCUT2D eigenvalue weighted by Crippen LogP contribution is 2.35. The number of rotatable bonds is 4. The molecule has 0 unspecified atom stereocenters. The first-order valence-corrected chi connectivity index (χ1v) is 8.20. The van der Waals surface area contributed by atoms with Gasteiger partial charge in [-0.2, -0.15) is 0 Å². The molecule has 6 heteroatoms. The van der Waals surface area contributed by atoms with Crippen molar-refractivity contribution in [3.8, 4) is 10.8 Å². The highest BCUT2D eigenvalue weighted by Gasteiger charge is 2.21. The van der Waals surface area contributed by atoms with Gasteiger partial charge in [0.05, 0.1) is 6.20 Å². The second-order valence-corrected chi connectivity index (χ2v) is 6.64. The lowest BCUT2D eigenvalue weighted by molar-refractivity contribution is 0.695. The van der Waals surface area contributed by atoms with Gasteiger partial charge in [0.2, 0.25) is 0 Å². The Morgan fingerprint density at radius 1 is 1.35 bits per heavy atom. The summed E-state index contributed by atoms with van der Waals surface area (Å²) in [4.78, 5) is 13.6. The molecule has 106 valence electrons. The third-order valence-electron chi connectivity index (χ3n) is 3.55. The van der Waals surface area contributed by atoms with Gasteiger partial charge in [0.15, 0.2) is 10.8 Å². The zero-order valence-electron chi connectivity index (χ0n) is 11.4. The van der Waals surface area contributed by atoms with Gasteiger partial charge < -0.3 is 5.32 Å². The number of hydrogen-bond acceptors (Lipinski definition) is 5. The van der Waals surface area contributed by atoms with E-state index >= 15 is 0 Å². The number of nitrogens with zero attached hydrogens (tertiary/aromatic N) is 3. The highest BCUT2D eigenvalue weighted by atomic mass is 35.5. The van der Waals surface area contributed by atoms with Crippen molar-refractivity contribution in [3.63, 3.8) is 0 Å². The SMILES string of the molecule is CCNc1cc(C2CCCC2)nc(-c2ncc(Cl)s2)n1. The molecule has 0 aliphatic heterocycles. The molecule has 0 radical (unpaired) electrons. The average molecular weight is 309 g/mol. The van der Waals surface area contributed by atoms with E-state index in [0.717, 1.165) is 23.1 Å². The van der Waals surface area contributed by atoms with E-state index in [0.29, 0.717) is 16.1 Å². The third-order valence-corrected chi connectivity index (χ3v) is 4.66. The summed E-state index contributed by atoms with van der Waals surface area (Å²) >= 11 is 7.38. The molecule has 1 N–H and O–H groups in total. The van der Waals surface area contributed by atoms with Crippen molar-refractivity contribution in [2.75, 3.05) is 11.9 Å². The topological polar surface area (TPSA) is 50.7 Å². The van der Waals surface area contributed by atoms with E-state index in [2.05, 4.69) is 28.3 Å². The van der Waals surface area contributed by atoms with Crippen LogP contribution >= 0.6 is 22.9 Å². The molecule has 2 aromatic heterocycles. The maximum atomic E-state index is 5.96. The molecule has 0 bridgehead atoms. The lowest BCUT2D eigenvalue weighted by Crippen LogP contribution is -2.06. The summed E-state index contributed by atoms with van der Waals surface area (Å²) in [5, 5.41) is 4.07. The fourth-order valence-corrected chi connectivity index (χ4v) is 3.47. The quantitative estimate of drug-likeness (QED) is 0.912. The molecule has 1 aliphatic rings. The van der Waals surface area contributed by atoms with Crippen LogP contribution in [0.15, 0.2) is 12.3 Å². The van der Waals surface area contributed by atoms with Crippen LogP contribution in [0.5, 0.6) is 0 Å². The van der Waals surface area contributed by atoms with E-state index in [4.69, 9.17) is 16.6 Å². The molecule has 20 heavy (non-hydrogen) atoms. The Morgan fingerprint density at radius 2 is 2.15 bits per heavy atom. The Labute approximate surface area is 127 Å². The van der Waals surface area contributed by atoms with Gasteiger partial charge >= 0.3 is 0 Å². The smallest absolute Gasteiger partial charge is 0.190 e. The first-order chi connectivity index (χ1) is 9.76. The molecule has 0 amide bonds. The lowest BCUT2D eigenvalue weighted by Gasteiger charge is -2.12. The average Bonchev–Trinajstić information content (AvgIpc) is 3.09. The van der Waals surface area contributed by atoms with E-state index in [1.54, 1.807) is 6.20 Å². The van der Waals surface area contributed by atoms with Gasteiger partial charge in [-0.15, -0.1) is 0 Å². The standard InChI is InChI=1S/C14H17ClN4S/c1-2-16-12-7-10(9-5-3-4-6-9)18-13(19-12)14-17-8-11(15)20-14/h7-9H,2-6H2,1H3,(H,16,18,19). The maximum Gasteiger partial charge on any atom is 0.190 e. The van der Waals surface area contributed by atoms with Crippen LogP contribution in [0.2, 0.25) is 4.34 Å². The Bertz CT molecular complexity index is 593. The zero-order valence-corrected chi connectivity index (χ0v) is 13.0.